The molecule has 0 aliphatic heterocycles. The highest BCUT2D eigenvalue weighted by Crippen LogP contribution is 2.30. The summed E-state index contributed by atoms with van der Waals surface area (Å²) in [6.45, 7) is 0.354. The predicted molar refractivity (Wildman–Crippen MR) is 70.0 cm³/mol. The van der Waals surface area contributed by atoms with Crippen molar-refractivity contribution in [1.29, 1.82) is 0 Å². The van der Waals surface area contributed by atoms with Crippen molar-refractivity contribution in [3.05, 3.63) is 23.8 Å². The molecule has 0 aliphatic carbocycles. The minimum absolute atomic E-state index is 0.0196. The van der Waals surface area contributed by atoms with Gasteiger partial charge in [0.1, 0.15) is 0 Å². The number of aliphatic carboxylic acids is 1. The van der Waals surface area contributed by atoms with Crippen LogP contribution in [0.5, 0.6) is 11.5 Å². The van der Waals surface area contributed by atoms with Crippen LogP contribution in [0.15, 0.2) is 18.2 Å². The van der Waals surface area contributed by atoms with Crippen molar-refractivity contribution < 1.29 is 33.0 Å². The van der Waals surface area contributed by atoms with E-state index in [1.807, 2.05) is 0 Å². The Morgan fingerprint density at radius 3 is 2.48 bits per heavy atom. The van der Waals surface area contributed by atoms with E-state index in [1.54, 1.807) is 6.92 Å². The zero-order valence-electron chi connectivity index (χ0n) is 11.6. The van der Waals surface area contributed by atoms with Gasteiger partial charge in [-0.05, 0) is 25.1 Å². The molecular formula is C14H16F2O5. The number of carboxylic acid groups (broad SMARTS) is 1. The Kier molecular flexibility index (Phi) is 6.08. The molecule has 0 radical (unpaired) electrons. The standard InChI is InChI=1S/C14H16F2O5/c1-3-20-11-7-9(4-5-10(11)21-14(15)16)13(19)8(2)6-12(17)18/h4-5,7-8,14H,3,6H2,1-2H3,(H,17,18). The zero-order chi connectivity index (χ0) is 16.0. The van der Waals surface area contributed by atoms with Crippen LogP contribution in [0.25, 0.3) is 0 Å². The lowest BCUT2D eigenvalue weighted by Gasteiger charge is -2.13. The topological polar surface area (TPSA) is 72.8 Å². The quantitative estimate of drug-likeness (QED) is 0.747. The highest BCUT2D eigenvalue weighted by molar-refractivity contribution is 5.99. The smallest absolute Gasteiger partial charge is 0.387 e. The average Bonchev–Trinajstić information content (AvgIpc) is 2.38. The van der Waals surface area contributed by atoms with Gasteiger partial charge in [-0.3, -0.25) is 9.59 Å². The largest absolute Gasteiger partial charge is 0.490 e. The molecule has 1 rings (SSSR count). The summed E-state index contributed by atoms with van der Waals surface area (Å²) in [4.78, 5) is 22.7. The summed E-state index contributed by atoms with van der Waals surface area (Å²) in [7, 11) is 0. The van der Waals surface area contributed by atoms with Crippen LogP contribution in [-0.4, -0.2) is 30.1 Å². The molecule has 21 heavy (non-hydrogen) atoms. The van der Waals surface area contributed by atoms with E-state index in [2.05, 4.69) is 4.74 Å². The second-order valence-electron chi connectivity index (χ2n) is 4.34. The molecule has 0 bridgehead atoms. The number of hydrogen-bond acceptors (Lipinski definition) is 4. The molecule has 0 saturated heterocycles. The minimum Gasteiger partial charge on any atom is -0.490 e. The average molecular weight is 302 g/mol. The van der Waals surface area contributed by atoms with Gasteiger partial charge in [-0.1, -0.05) is 6.92 Å². The van der Waals surface area contributed by atoms with Gasteiger partial charge in [-0.2, -0.15) is 8.78 Å². The van der Waals surface area contributed by atoms with Gasteiger partial charge in [0.25, 0.3) is 0 Å². The SMILES string of the molecule is CCOc1cc(C(=O)C(C)CC(=O)O)ccc1OC(F)F. The fourth-order valence-corrected chi connectivity index (χ4v) is 1.76. The summed E-state index contributed by atoms with van der Waals surface area (Å²) in [6.07, 6.45) is -0.307. The maximum atomic E-state index is 12.3. The third-order valence-electron chi connectivity index (χ3n) is 2.67. The summed E-state index contributed by atoms with van der Waals surface area (Å²) < 4.78 is 34.0. The zero-order valence-corrected chi connectivity index (χ0v) is 11.6. The normalized spacial score (nSPS) is 12.0. The number of Topliss-reactive ketones (excluding diaryl/α,β-unsaturated/α-hetero) is 1. The second-order valence-corrected chi connectivity index (χ2v) is 4.34. The molecule has 0 aliphatic rings. The molecule has 1 atom stereocenters. The van der Waals surface area contributed by atoms with Crippen LogP contribution in [0.4, 0.5) is 8.78 Å². The lowest BCUT2D eigenvalue weighted by molar-refractivity contribution is -0.137. The Bertz CT molecular complexity index is 516. The van der Waals surface area contributed by atoms with Crippen molar-refractivity contribution in [3.8, 4) is 11.5 Å². The molecule has 5 nitrogen and oxygen atoms in total. The molecule has 0 fully saturated rings. The molecule has 1 aromatic carbocycles. The number of carbonyl (C=O) groups excluding carboxylic acids is 1. The van der Waals surface area contributed by atoms with Crippen LogP contribution in [0.2, 0.25) is 0 Å². The fraction of sp³-hybridized carbons (Fsp3) is 0.429. The third-order valence-corrected chi connectivity index (χ3v) is 2.67. The lowest BCUT2D eigenvalue weighted by Crippen LogP contribution is -2.15. The van der Waals surface area contributed by atoms with Crippen molar-refractivity contribution >= 4 is 11.8 Å². The molecule has 1 aromatic rings. The van der Waals surface area contributed by atoms with Gasteiger partial charge in [0.2, 0.25) is 0 Å². The fourth-order valence-electron chi connectivity index (χ4n) is 1.76. The Labute approximate surface area is 120 Å². The first kappa shape index (κ1) is 16.9. The van der Waals surface area contributed by atoms with Crippen molar-refractivity contribution in [2.45, 2.75) is 26.9 Å². The third kappa shape index (κ3) is 5.02. The van der Waals surface area contributed by atoms with Crippen molar-refractivity contribution in [2.24, 2.45) is 5.92 Å². The Hall–Kier alpha value is -2.18. The number of carboxylic acids is 1. The van der Waals surface area contributed by atoms with Gasteiger partial charge >= 0.3 is 12.6 Å². The maximum Gasteiger partial charge on any atom is 0.387 e. The van der Waals surface area contributed by atoms with Crippen LogP contribution in [0.3, 0.4) is 0 Å². The Balaban J connectivity index is 3.01. The summed E-state index contributed by atoms with van der Waals surface area (Å²) in [6, 6.07) is 3.79. The number of carbonyl (C=O) groups is 2. The first-order valence-corrected chi connectivity index (χ1v) is 6.32. The van der Waals surface area contributed by atoms with Gasteiger partial charge < -0.3 is 14.6 Å². The van der Waals surface area contributed by atoms with Crippen LogP contribution >= 0.6 is 0 Å². The molecule has 0 amide bonds. The predicted octanol–water partition coefficient (Wildman–Crippen LogP) is 2.98. The first-order valence-electron chi connectivity index (χ1n) is 6.32. The van der Waals surface area contributed by atoms with Crippen LogP contribution in [0, 0.1) is 5.92 Å². The van der Waals surface area contributed by atoms with E-state index in [4.69, 9.17) is 9.84 Å². The summed E-state index contributed by atoms with van der Waals surface area (Å²) in [5.74, 6) is -2.36. The van der Waals surface area contributed by atoms with E-state index in [-0.39, 0.29) is 30.1 Å². The number of rotatable bonds is 8. The number of ketones is 1. The summed E-state index contributed by atoms with van der Waals surface area (Å²) >= 11 is 0. The van der Waals surface area contributed by atoms with Gasteiger partial charge in [0.15, 0.2) is 17.3 Å². The minimum atomic E-state index is -3.00. The Morgan fingerprint density at radius 1 is 1.29 bits per heavy atom. The molecule has 1 N–H and O–H groups in total. The van der Waals surface area contributed by atoms with E-state index < -0.39 is 24.3 Å². The number of halogens is 2. The molecule has 7 heteroatoms. The lowest BCUT2D eigenvalue weighted by atomic mass is 9.96. The number of hydrogen-bond donors (Lipinski definition) is 1. The van der Waals surface area contributed by atoms with Gasteiger partial charge in [0.05, 0.1) is 13.0 Å². The number of ether oxygens (including phenoxy) is 2. The van der Waals surface area contributed by atoms with E-state index >= 15 is 0 Å². The van der Waals surface area contributed by atoms with Gasteiger partial charge in [0, 0.05) is 11.5 Å². The molecular weight excluding hydrogens is 286 g/mol. The van der Waals surface area contributed by atoms with Gasteiger partial charge in [-0.25, -0.2) is 0 Å². The van der Waals surface area contributed by atoms with Crippen molar-refractivity contribution in [3.63, 3.8) is 0 Å². The van der Waals surface area contributed by atoms with Crippen LogP contribution < -0.4 is 9.47 Å². The molecule has 116 valence electrons. The number of benzene rings is 1. The molecule has 0 saturated carbocycles. The van der Waals surface area contributed by atoms with E-state index in [0.29, 0.717) is 0 Å². The number of alkyl halides is 2. The highest BCUT2D eigenvalue weighted by atomic mass is 19.3. The monoisotopic (exact) mass is 302 g/mol. The highest BCUT2D eigenvalue weighted by Gasteiger charge is 2.20. The summed E-state index contributed by atoms with van der Waals surface area (Å²) in [5, 5.41) is 8.68. The van der Waals surface area contributed by atoms with Crippen molar-refractivity contribution in [2.75, 3.05) is 6.61 Å². The van der Waals surface area contributed by atoms with Crippen LogP contribution in [-0.2, 0) is 4.79 Å². The van der Waals surface area contributed by atoms with Gasteiger partial charge in [-0.15, -0.1) is 0 Å². The second kappa shape index (κ2) is 7.56. The van der Waals surface area contributed by atoms with Crippen molar-refractivity contribution in [1.82, 2.24) is 0 Å². The van der Waals surface area contributed by atoms with E-state index in [0.717, 1.165) is 0 Å². The van der Waals surface area contributed by atoms with E-state index in [9.17, 15) is 18.4 Å². The first-order chi connectivity index (χ1) is 9.85. The van der Waals surface area contributed by atoms with Crippen LogP contribution in [0.1, 0.15) is 30.6 Å². The molecule has 0 heterocycles. The molecule has 0 aromatic heterocycles. The summed E-state index contributed by atoms with van der Waals surface area (Å²) in [5.41, 5.74) is 0.189. The Morgan fingerprint density at radius 2 is 1.95 bits per heavy atom. The van der Waals surface area contributed by atoms with E-state index in [1.165, 1.54) is 25.1 Å². The maximum absolute atomic E-state index is 12.3. The molecule has 0 spiro atoms. The molecule has 1 unspecified atom stereocenters.